The Hall–Kier alpha value is -2.66. The SMILES string of the molecule is O=C(NC1CCCC1)Oc1cccc(-c2cncc(-c3cccs3)c2)c1. The predicted molar refractivity (Wildman–Crippen MR) is 104 cm³/mol. The Morgan fingerprint density at radius 1 is 1.04 bits per heavy atom. The van der Waals surface area contributed by atoms with E-state index in [0.717, 1.165) is 29.5 Å². The van der Waals surface area contributed by atoms with Crippen LogP contribution in [0.4, 0.5) is 4.79 Å². The lowest BCUT2D eigenvalue weighted by molar-refractivity contribution is 0.196. The van der Waals surface area contributed by atoms with Crippen LogP contribution in [0.5, 0.6) is 5.75 Å². The summed E-state index contributed by atoms with van der Waals surface area (Å²) in [6.45, 7) is 0. The Morgan fingerprint density at radius 2 is 1.88 bits per heavy atom. The van der Waals surface area contributed by atoms with Gasteiger partial charge in [0.1, 0.15) is 5.75 Å². The van der Waals surface area contributed by atoms with Crippen molar-refractivity contribution in [3.63, 3.8) is 0 Å². The molecule has 1 aliphatic carbocycles. The number of ether oxygens (including phenoxy) is 1. The predicted octanol–water partition coefficient (Wildman–Crippen LogP) is 5.51. The van der Waals surface area contributed by atoms with Gasteiger partial charge < -0.3 is 10.1 Å². The third-order valence-corrected chi connectivity index (χ3v) is 5.52. The van der Waals surface area contributed by atoms with Crippen molar-refractivity contribution in [2.24, 2.45) is 0 Å². The minimum absolute atomic E-state index is 0.248. The highest BCUT2D eigenvalue weighted by Crippen LogP contribution is 2.29. The smallest absolute Gasteiger partial charge is 0.410 e. The van der Waals surface area contributed by atoms with Gasteiger partial charge in [0, 0.05) is 34.4 Å². The standard InChI is InChI=1S/C21H20N2O2S/c24-21(23-18-6-1-2-7-18)25-19-8-3-5-15(12-19)16-11-17(14-22-13-16)20-9-4-10-26-20/h3-5,8-14,18H,1-2,6-7H2,(H,23,24). The van der Waals surface area contributed by atoms with E-state index in [1.54, 1.807) is 17.4 Å². The highest BCUT2D eigenvalue weighted by molar-refractivity contribution is 7.13. The number of nitrogens with one attached hydrogen (secondary N) is 1. The first-order chi connectivity index (χ1) is 12.8. The molecule has 2 heterocycles. The van der Waals surface area contributed by atoms with E-state index in [0.29, 0.717) is 5.75 Å². The average Bonchev–Trinajstić information content (AvgIpc) is 3.36. The molecule has 0 aliphatic heterocycles. The van der Waals surface area contributed by atoms with Gasteiger partial charge in [-0.1, -0.05) is 31.0 Å². The fourth-order valence-corrected chi connectivity index (χ4v) is 4.00. The van der Waals surface area contributed by atoms with Gasteiger partial charge in [0.25, 0.3) is 0 Å². The molecule has 0 saturated heterocycles. The van der Waals surface area contributed by atoms with E-state index in [2.05, 4.69) is 27.8 Å². The van der Waals surface area contributed by atoms with Crippen LogP contribution in [0.25, 0.3) is 21.6 Å². The molecule has 1 N–H and O–H groups in total. The Kier molecular flexibility index (Phi) is 4.97. The largest absolute Gasteiger partial charge is 0.412 e. The van der Waals surface area contributed by atoms with Crippen molar-refractivity contribution < 1.29 is 9.53 Å². The summed E-state index contributed by atoms with van der Waals surface area (Å²) < 4.78 is 5.47. The lowest BCUT2D eigenvalue weighted by atomic mass is 10.1. The number of aromatic nitrogens is 1. The van der Waals surface area contributed by atoms with Crippen molar-refractivity contribution in [3.05, 3.63) is 60.2 Å². The van der Waals surface area contributed by atoms with Crippen LogP contribution in [0, 0.1) is 0 Å². The van der Waals surface area contributed by atoms with Crippen LogP contribution >= 0.6 is 11.3 Å². The van der Waals surface area contributed by atoms with Gasteiger partial charge in [0.05, 0.1) is 0 Å². The zero-order valence-electron chi connectivity index (χ0n) is 14.4. The zero-order valence-corrected chi connectivity index (χ0v) is 15.2. The minimum Gasteiger partial charge on any atom is -0.410 e. The summed E-state index contributed by atoms with van der Waals surface area (Å²) in [6.07, 6.45) is 7.74. The number of carbonyl (C=O) groups excluding carboxylic acids is 1. The molecule has 4 rings (SSSR count). The number of rotatable bonds is 4. The lowest BCUT2D eigenvalue weighted by Crippen LogP contribution is -2.34. The molecule has 1 saturated carbocycles. The van der Waals surface area contributed by atoms with Crippen molar-refractivity contribution in [2.75, 3.05) is 0 Å². The van der Waals surface area contributed by atoms with Crippen LogP contribution in [-0.2, 0) is 0 Å². The van der Waals surface area contributed by atoms with Crippen LogP contribution in [0.2, 0.25) is 0 Å². The first-order valence-corrected chi connectivity index (χ1v) is 9.73. The zero-order chi connectivity index (χ0) is 17.8. The molecule has 0 atom stereocenters. The summed E-state index contributed by atoms with van der Waals surface area (Å²) in [7, 11) is 0. The molecular weight excluding hydrogens is 344 g/mol. The monoisotopic (exact) mass is 364 g/mol. The van der Waals surface area contributed by atoms with Crippen molar-refractivity contribution in [1.29, 1.82) is 0 Å². The van der Waals surface area contributed by atoms with Crippen LogP contribution in [0.3, 0.4) is 0 Å². The van der Waals surface area contributed by atoms with Gasteiger partial charge in [0.15, 0.2) is 0 Å². The highest BCUT2D eigenvalue weighted by atomic mass is 32.1. The van der Waals surface area contributed by atoms with E-state index in [4.69, 9.17) is 4.74 Å². The molecule has 1 aromatic carbocycles. The summed E-state index contributed by atoms with van der Waals surface area (Å²) in [5, 5.41) is 5.00. The minimum atomic E-state index is -0.375. The first-order valence-electron chi connectivity index (χ1n) is 8.86. The second-order valence-electron chi connectivity index (χ2n) is 6.48. The summed E-state index contributed by atoms with van der Waals surface area (Å²) in [6, 6.07) is 14.0. The maximum atomic E-state index is 12.1. The summed E-state index contributed by atoms with van der Waals surface area (Å²) in [4.78, 5) is 17.6. The average molecular weight is 364 g/mol. The Labute approximate surface area is 156 Å². The molecule has 0 radical (unpaired) electrons. The van der Waals surface area contributed by atoms with E-state index >= 15 is 0 Å². The van der Waals surface area contributed by atoms with Crippen molar-refractivity contribution in [2.45, 2.75) is 31.7 Å². The Balaban J connectivity index is 1.50. The van der Waals surface area contributed by atoms with Gasteiger partial charge in [-0.15, -0.1) is 11.3 Å². The van der Waals surface area contributed by atoms with E-state index in [-0.39, 0.29) is 12.1 Å². The van der Waals surface area contributed by atoms with Crippen molar-refractivity contribution >= 4 is 17.4 Å². The van der Waals surface area contributed by atoms with Gasteiger partial charge in [0.2, 0.25) is 0 Å². The van der Waals surface area contributed by atoms with Gasteiger partial charge in [-0.3, -0.25) is 4.98 Å². The third kappa shape index (κ3) is 3.94. The molecule has 0 unspecified atom stereocenters. The molecule has 3 aromatic rings. The first kappa shape index (κ1) is 16.8. The lowest BCUT2D eigenvalue weighted by Gasteiger charge is -2.12. The number of pyridine rings is 1. The Morgan fingerprint density at radius 3 is 2.69 bits per heavy atom. The number of thiophene rings is 1. The molecule has 5 heteroatoms. The molecule has 26 heavy (non-hydrogen) atoms. The van der Waals surface area contributed by atoms with Crippen LogP contribution in [0.1, 0.15) is 25.7 Å². The van der Waals surface area contributed by atoms with Gasteiger partial charge in [-0.05, 0) is 48.1 Å². The highest BCUT2D eigenvalue weighted by Gasteiger charge is 2.18. The number of benzene rings is 1. The quantitative estimate of drug-likeness (QED) is 0.664. The van der Waals surface area contributed by atoms with Crippen molar-refractivity contribution in [3.8, 4) is 27.3 Å². The maximum absolute atomic E-state index is 12.1. The van der Waals surface area contributed by atoms with Gasteiger partial charge in [-0.2, -0.15) is 0 Å². The van der Waals surface area contributed by atoms with E-state index in [1.165, 1.54) is 17.7 Å². The molecule has 2 aromatic heterocycles. The molecule has 1 amide bonds. The van der Waals surface area contributed by atoms with Gasteiger partial charge in [-0.25, -0.2) is 4.79 Å². The summed E-state index contributed by atoms with van der Waals surface area (Å²) >= 11 is 1.69. The molecule has 0 bridgehead atoms. The number of nitrogens with zero attached hydrogens (tertiary/aromatic N) is 1. The molecule has 132 valence electrons. The molecule has 1 fully saturated rings. The molecule has 1 aliphatic rings. The number of carbonyl (C=O) groups is 1. The maximum Gasteiger partial charge on any atom is 0.412 e. The fourth-order valence-electron chi connectivity index (χ4n) is 3.29. The van der Waals surface area contributed by atoms with Crippen LogP contribution < -0.4 is 10.1 Å². The van der Waals surface area contributed by atoms with Crippen LogP contribution in [0.15, 0.2) is 60.2 Å². The number of hydrogen-bond acceptors (Lipinski definition) is 4. The van der Waals surface area contributed by atoms with E-state index in [1.807, 2.05) is 36.7 Å². The topological polar surface area (TPSA) is 51.2 Å². The van der Waals surface area contributed by atoms with Crippen LogP contribution in [-0.4, -0.2) is 17.1 Å². The van der Waals surface area contributed by atoms with Gasteiger partial charge >= 0.3 is 6.09 Å². The summed E-state index contributed by atoms with van der Waals surface area (Å²) in [5.74, 6) is 0.541. The van der Waals surface area contributed by atoms with E-state index < -0.39 is 0 Å². The summed E-state index contributed by atoms with van der Waals surface area (Å²) in [5.41, 5.74) is 3.06. The van der Waals surface area contributed by atoms with Crippen molar-refractivity contribution in [1.82, 2.24) is 10.3 Å². The third-order valence-electron chi connectivity index (χ3n) is 4.60. The molecule has 0 spiro atoms. The number of hydrogen-bond donors (Lipinski definition) is 1. The Bertz CT molecular complexity index is 887. The fraction of sp³-hybridized carbons (Fsp3) is 0.238. The normalized spacial score (nSPS) is 14.3. The number of amides is 1. The molecular formula is C21H20N2O2S. The second-order valence-corrected chi connectivity index (χ2v) is 7.43. The molecule has 4 nitrogen and oxygen atoms in total. The van der Waals surface area contributed by atoms with E-state index in [9.17, 15) is 4.79 Å². The second kappa shape index (κ2) is 7.70.